The SMILES string of the molecule is C=CCn1c(-c2ccc(Cl)cc2)nn(C[NH+]2CCC[C@@H]2c2cccs2)c1=S. The van der Waals surface area contributed by atoms with Crippen molar-refractivity contribution in [3.8, 4) is 11.4 Å². The number of nitrogens with zero attached hydrogens (tertiary/aromatic N) is 3. The average Bonchev–Trinajstić information content (AvgIpc) is 3.40. The van der Waals surface area contributed by atoms with Gasteiger partial charge in [0.1, 0.15) is 6.04 Å². The number of rotatable bonds is 6. The Hall–Kier alpha value is -1.73. The highest BCUT2D eigenvalue weighted by atomic mass is 35.5. The summed E-state index contributed by atoms with van der Waals surface area (Å²) in [7, 11) is 0. The minimum atomic E-state index is 0.537. The molecular weight excluding hydrogens is 396 g/mol. The molecule has 0 amide bonds. The van der Waals surface area contributed by atoms with Gasteiger partial charge in [-0.25, -0.2) is 0 Å². The Kier molecular flexibility index (Phi) is 5.59. The van der Waals surface area contributed by atoms with Gasteiger partial charge in [0.25, 0.3) is 0 Å². The van der Waals surface area contributed by atoms with Gasteiger partial charge in [0.2, 0.25) is 4.77 Å². The van der Waals surface area contributed by atoms with Crippen molar-refractivity contribution in [2.45, 2.75) is 32.1 Å². The fraction of sp³-hybridized carbons (Fsp3) is 0.300. The molecular formula is C20H22ClN4S2+. The van der Waals surface area contributed by atoms with E-state index in [1.54, 1.807) is 0 Å². The molecule has 1 fully saturated rings. The summed E-state index contributed by atoms with van der Waals surface area (Å²) >= 11 is 13.6. The van der Waals surface area contributed by atoms with Gasteiger partial charge >= 0.3 is 0 Å². The number of nitrogens with one attached hydrogen (secondary N) is 1. The molecule has 1 aromatic carbocycles. The lowest BCUT2D eigenvalue weighted by Gasteiger charge is -2.20. The van der Waals surface area contributed by atoms with Crippen molar-refractivity contribution in [2.24, 2.45) is 0 Å². The zero-order valence-corrected chi connectivity index (χ0v) is 17.4. The summed E-state index contributed by atoms with van der Waals surface area (Å²) < 4.78 is 4.76. The number of aromatic nitrogens is 3. The second-order valence-electron chi connectivity index (χ2n) is 6.79. The van der Waals surface area contributed by atoms with Crippen molar-refractivity contribution in [1.82, 2.24) is 14.3 Å². The predicted octanol–water partition coefficient (Wildman–Crippen LogP) is 4.36. The van der Waals surface area contributed by atoms with Gasteiger partial charge in [0.05, 0.1) is 11.4 Å². The lowest BCUT2D eigenvalue weighted by Crippen LogP contribution is -3.09. The van der Waals surface area contributed by atoms with Gasteiger partial charge in [0.15, 0.2) is 12.5 Å². The first-order valence-corrected chi connectivity index (χ1v) is 10.8. The fourth-order valence-electron chi connectivity index (χ4n) is 3.78. The Morgan fingerprint density at radius 3 is 2.85 bits per heavy atom. The molecule has 1 saturated heterocycles. The summed E-state index contributed by atoms with van der Waals surface area (Å²) in [5.41, 5.74) is 1.01. The van der Waals surface area contributed by atoms with E-state index in [2.05, 4.69) is 24.1 Å². The molecule has 1 aliphatic heterocycles. The van der Waals surface area contributed by atoms with Gasteiger partial charge in [-0.2, -0.15) is 4.68 Å². The molecule has 0 bridgehead atoms. The lowest BCUT2D eigenvalue weighted by atomic mass is 10.2. The van der Waals surface area contributed by atoms with Gasteiger partial charge in [-0.3, -0.25) is 4.57 Å². The van der Waals surface area contributed by atoms with Crippen molar-refractivity contribution in [3.05, 3.63) is 69.1 Å². The molecule has 0 spiro atoms. The van der Waals surface area contributed by atoms with Crippen LogP contribution in [0.25, 0.3) is 11.4 Å². The van der Waals surface area contributed by atoms with Crippen LogP contribution in [0.2, 0.25) is 5.02 Å². The second kappa shape index (κ2) is 8.10. The number of benzene rings is 1. The molecule has 1 N–H and O–H groups in total. The van der Waals surface area contributed by atoms with Crippen LogP contribution in [0.5, 0.6) is 0 Å². The van der Waals surface area contributed by atoms with E-state index < -0.39 is 0 Å². The van der Waals surface area contributed by atoms with Crippen LogP contribution in [0.4, 0.5) is 0 Å². The fourth-order valence-corrected chi connectivity index (χ4v) is 5.09. The van der Waals surface area contributed by atoms with Crippen LogP contribution in [0.1, 0.15) is 23.8 Å². The second-order valence-corrected chi connectivity index (χ2v) is 8.57. The average molecular weight is 418 g/mol. The third-order valence-electron chi connectivity index (χ3n) is 5.06. The number of quaternary nitrogens is 1. The maximum Gasteiger partial charge on any atom is 0.203 e. The van der Waals surface area contributed by atoms with Crippen LogP contribution < -0.4 is 4.90 Å². The first kappa shape index (κ1) is 18.6. The van der Waals surface area contributed by atoms with Crippen LogP contribution >= 0.6 is 35.2 Å². The van der Waals surface area contributed by atoms with E-state index in [0.717, 1.165) is 29.4 Å². The number of allylic oxidation sites excluding steroid dienone is 1. The smallest absolute Gasteiger partial charge is 0.203 e. The molecule has 3 aromatic rings. The molecule has 4 nitrogen and oxygen atoms in total. The molecule has 4 rings (SSSR count). The van der Waals surface area contributed by atoms with Crippen LogP contribution in [-0.4, -0.2) is 20.9 Å². The summed E-state index contributed by atoms with van der Waals surface area (Å²) in [5.74, 6) is 0.864. The molecule has 0 aliphatic carbocycles. The molecule has 2 atom stereocenters. The summed E-state index contributed by atoms with van der Waals surface area (Å²) in [6.07, 6.45) is 4.32. The molecule has 1 unspecified atom stereocenters. The summed E-state index contributed by atoms with van der Waals surface area (Å²) in [4.78, 5) is 2.98. The van der Waals surface area contributed by atoms with Gasteiger partial charge < -0.3 is 4.90 Å². The minimum absolute atomic E-state index is 0.537. The highest BCUT2D eigenvalue weighted by molar-refractivity contribution is 7.71. The van der Waals surface area contributed by atoms with E-state index in [1.165, 1.54) is 22.6 Å². The number of halogens is 1. The standard InChI is InChI=1S/C20H21ClN4S2/c1-2-11-24-19(15-7-9-16(21)10-8-15)22-25(20(24)26)14-23-12-3-5-17(23)18-6-4-13-27-18/h2,4,6-10,13,17H,1,3,5,11-12,14H2/p+1/t17-/m1/s1. The first-order valence-electron chi connectivity index (χ1n) is 9.10. The maximum absolute atomic E-state index is 6.04. The molecule has 140 valence electrons. The zero-order valence-electron chi connectivity index (χ0n) is 15.0. The third-order valence-corrected chi connectivity index (χ3v) is 6.73. The molecule has 0 radical (unpaired) electrons. The number of hydrogen-bond acceptors (Lipinski definition) is 3. The first-order chi connectivity index (χ1) is 13.2. The number of hydrogen-bond donors (Lipinski definition) is 1. The largest absolute Gasteiger partial charge is 0.309 e. The van der Waals surface area contributed by atoms with E-state index in [9.17, 15) is 0 Å². The Morgan fingerprint density at radius 2 is 2.15 bits per heavy atom. The molecule has 7 heteroatoms. The monoisotopic (exact) mass is 417 g/mol. The van der Waals surface area contributed by atoms with Crippen LogP contribution in [0, 0.1) is 4.77 Å². The van der Waals surface area contributed by atoms with E-state index in [1.807, 2.05) is 50.9 Å². The van der Waals surface area contributed by atoms with E-state index in [0.29, 0.717) is 17.6 Å². The molecule has 0 saturated carbocycles. The predicted molar refractivity (Wildman–Crippen MR) is 114 cm³/mol. The van der Waals surface area contributed by atoms with E-state index >= 15 is 0 Å². The van der Waals surface area contributed by atoms with Crippen molar-refractivity contribution in [1.29, 1.82) is 0 Å². The molecule has 27 heavy (non-hydrogen) atoms. The minimum Gasteiger partial charge on any atom is -0.309 e. The van der Waals surface area contributed by atoms with E-state index in [-0.39, 0.29) is 0 Å². The topological polar surface area (TPSA) is 27.2 Å². The number of likely N-dealkylation sites (tertiary alicyclic amines) is 1. The van der Waals surface area contributed by atoms with Crippen LogP contribution in [0.15, 0.2) is 54.4 Å². The van der Waals surface area contributed by atoms with Crippen molar-refractivity contribution in [3.63, 3.8) is 0 Å². The van der Waals surface area contributed by atoms with E-state index in [4.69, 9.17) is 28.9 Å². The quantitative estimate of drug-likeness (QED) is 0.476. The van der Waals surface area contributed by atoms with Gasteiger partial charge in [-0.05, 0) is 47.9 Å². The molecule has 2 aromatic heterocycles. The summed E-state index contributed by atoms with van der Waals surface area (Å²) in [6.45, 7) is 6.45. The van der Waals surface area contributed by atoms with Crippen LogP contribution in [-0.2, 0) is 13.2 Å². The van der Waals surface area contributed by atoms with Crippen molar-refractivity contribution < 1.29 is 4.90 Å². The Labute approximate surface area is 173 Å². The highest BCUT2D eigenvalue weighted by Crippen LogP contribution is 2.24. The Bertz CT molecular complexity index is 973. The van der Waals surface area contributed by atoms with Crippen LogP contribution in [0.3, 0.4) is 0 Å². The summed E-state index contributed by atoms with van der Waals surface area (Å²) in [5, 5.41) is 7.75. The Balaban J connectivity index is 1.67. The lowest BCUT2D eigenvalue weighted by molar-refractivity contribution is -0.941. The van der Waals surface area contributed by atoms with Gasteiger partial charge in [0, 0.05) is 30.0 Å². The van der Waals surface area contributed by atoms with Crippen molar-refractivity contribution in [2.75, 3.05) is 6.54 Å². The zero-order chi connectivity index (χ0) is 18.8. The van der Waals surface area contributed by atoms with Gasteiger partial charge in [-0.1, -0.05) is 23.7 Å². The van der Waals surface area contributed by atoms with Gasteiger partial charge in [-0.15, -0.1) is 23.0 Å². The maximum atomic E-state index is 6.04. The third kappa shape index (κ3) is 3.80. The highest BCUT2D eigenvalue weighted by Gasteiger charge is 2.31. The molecule has 3 heterocycles. The normalized spacial score (nSPS) is 19.4. The Morgan fingerprint density at radius 1 is 1.33 bits per heavy atom. The van der Waals surface area contributed by atoms with Crippen molar-refractivity contribution >= 4 is 35.2 Å². The number of thiophene rings is 1. The summed E-state index contributed by atoms with van der Waals surface area (Å²) in [6, 6.07) is 12.7. The molecule has 1 aliphatic rings.